The Hall–Kier alpha value is 0.860. The van der Waals surface area contributed by atoms with E-state index in [2.05, 4.69) is 34.1 Å². The first kappa shape index (κ1) is 10.9. The van der Waals surface area contributed by atoms with Crippen molar-refractivity contribution in [3.05, 3.63) is 0 Å². The molecule has 62 valence electrons. The molecular formula is C8H21P2+. The van der Waals surface area contributed by atoms with Gasteiger partial charge < -0.3 is 0 Å². The van der Waals surface area contributed by atoms with Crippen molar-refractivity contribution in [3.8, 4) is 0 Å². The van der Waals surface area contributed by atoms with Gasteiger partial charge in [-0.1, -0.05) is 0 Å². The standard InChI is InChI=1S/C8H21P2/c1-6-10(7-2,8-3)9(4)5/h6-8H2,1-5H3/q+1. The minimum absolute atomic E-state index is 0.363. The molecule has 0 aromatic carbocycles. The van der Waals surface area contributed by atoms with Crippen LogP contribution in [0.4, 0.5) is 0 Å². The van der Waals surface area contributed by atoms with Gasteiger partial charge in [0.25, 0.3) is 0 Å². The van der Waals surface area contributed by atoms with Crippen LogP contribution in [0.5, 0.6) is 0 Å². The summed E-state index contributed by atoms with van der Waals surface area (Å²) in [6.45, 7) is 11.6. The molecule has 0 heterocycles. The van der Waals surface area contributed by atoms with E-state index in [0.717, 1.165) is 0 Å². The Morgan fingerprint density at radius 3 is 1.20 bits per heavy atom. The average molecular weight is 179 g/mol. The summed E-state index contributed by atoms with van der Waals surface area (Å²) in [6, 6.07) is 0. The van der Waals surface area contributed by atoms with Gasteiger partial charge in [-0.15, -0.1) is 0 Å². The second kappa shape index (κ2) is 4.68. The molecular weight excluding hydrogens is 158 g/mol. The molecule has 0 saturated carbocycles. The molecule has 0 aliphatic carbocycles. The lowest BCUT2D eigenvalue weighted by atomic mass is 10.9. The van der Waals surface area contributed by atoms with Crippen molar-refractivity contribution in [3.63, 3.8) is 0 Å². The molecule has 0 atom stereocenters. The maximum Gasteiger partial charge on any atom is 0.0587 e. The van der Waals surface area contributed by atoms with E-state index in [-0.39, 0.29) is 0 Å². The largest absolute Gasteiger partial charge is 0.0587 e. The third kappa shape index (κ3) is 2.18. The highest BCUT2D eigenvalue weighted by Crippen LogP contribution is 2.80. The topological polar surface area (TPSA) is 0 Å². The van der Waals surface area contributed by atoms with E-state index < -0.39 is 6.95 Å². The molecule has 0 N–H and O–H groups in total. The Morgan fingerprint density at radius 2 is 1.20 bits per heavy atom. The van der Waals surface area contributed by atoms with Crippen LogP contribution in [-0.4, -0.2) is 31.8 Å². The van der Waals surface area contributed by atoms with Crippen LogP contribution in [-0.2, 0) is 0 Å². The van der Waals surface area contributed by atoms with E-state index in [1.54, 1.807) is 0 Å². The third-order valence-corrected chi connectivity index (χ3v) is 15.5. The second-order valence-electron chi connectivity index (χ2n) is 2.89. The van der Waals surface area contributed by atoms with E-state index in [1.165, 1.54) is 18.5 Å². The molecule has 0 aromatic rings. The summed E-state index contributed by atoms with van der Waals surface area (Å²) in [5.41, 5.74) is 0. The van der Waals surface area contributed by atoms with Crippen LogP contribution in [0.15, 0.2) is 0 Å². The van der Waals surface area contributed by atoms with Gasteiger partial charge in [0.1, 0.15) is 0 Å². The van der Waals surface area contributed by atoms with Crippen molar-refractivity contribution >= 4 is 14.6 Å². The zero-order chi connectivity index (χ0) is 8.20. The van der Waals surface area contributed by atoms with Crippen molar-refractivity contribution in [1.29, 1.82) is 0 Å². The Balaban J connectivity index is 4.15. The van der Waals surface area contributed by atoms with Crippen molar-refractivity contribution in [2.75, 3.05) is 31.8 Å². The van der Waals surface area contributed by atoms with E-state index >= 15 is 0 Å². The first-order valence-electron chi connectivity index (χ1n) is 4.16. The molecule has 0 aromatic heterocycles. The molecule has 0 radical (unpaired) electrons. The molecule has 0 amide bonds. The molecule has 10 heavy (non-hydrogen) atoms. The van der Waals surface area contributed by atoms with E-state index in [1.807, 2.05) is 0 Å². The first-order valence-corrected chi connectivity index (χ1v) is 9.45. The lowest BCUT2D eigenvalue weighted by Crippen LogP contribution is -1.99. The van der Waals surface area contributed by atoms with Gasteiger partial charge in [0, 0.05) is 14.6 Å². The van der Waals surface area contributed by atoms with Crippen LogP contribution in [0.2, 0.25) is 0 Å². The summed E-state index contributed by atoms with van der Waals surface area (Å²) < 4.78 is 0. The van der Waals surface area contributed by atoms with Gasteiger partial charge in [-0.05, 0) is 34.1 Å². The molecule has 0 aliphatic rings. The summed E-state index contributed by atoms with van der Waals surface area (Å²) in [6.07, 6.45) is 4.41. The quantitative estimate of drug-likeness (QED) is 0.577. The maximum atomic E-state index is 2.46. The minimum Gasteiger partial charge on any atom is -0.0310 e. The Bertz CT molecular complexity index is 77.0. The molecule has 0 fully saturated rings. The van der Waals surface area contributed by atoms with Gasteiger partial charge in [-0.3, -0.25) is 0 Å². The van der Waals surface area contributed by atoms with Crippen molar-refractivity contribution in [1.82, 2.24) is 0 Å². The van der Waals surface area contributed by atoms with Crippen LogP contribution >= 0.6 is 14.6 Å². The summed E-state index contributed by atoms with van der Waals surface area (Å²) in [4.78, 5) is 0. The smallest absolute Gasteiger partial charge is 0.0310 e. The van der Waals surface area contributed by atoms with Crippen molar-refractivity contribution < 1.29 is 0 Å². The van der Waals surface area contributed by atoms with E-state index in [0.29, 0.717) is 7.61 Å². The molecule has 0 bridgehead atoms. The highest BCUT2D eigenvalue weighted by atomic mass is 32.1. The van der Waals surface area contributed by atoms with Crippen LogP contribution in [0.3, 0.4) is 0 Å². The lowest BCUT2D eigenvalue weighted by Gasteiger charge is -2.26. The molecule has 0 spiro atoms. The normalized spacial score (nSPS) is 12.6. The molecule has 0 saturated heterocycles. The lowest BCUT2D eigenvalue weighted by molar-refractivity contribution is 1.34. The Morgan fingerprint density at radius 1 is 0.900 bits per heavy atom. The minimum atomic E-state index is -0.446. The summed E-state index contributed by atoms with van der Waals surface area (Å²) >= 11 is 0. The number of hydrogen-bond donors (Lipinski definition) is 0. The summed E-state index contributed by atoms with van der Waals surface area (Å²) in [5, 5.41) is 0. The molecule has 0 rings (SSSR count). The van der Waals surface area contributed by atoms with Gasteiger partial charge in [-0.25, -0.2) is 0 Å². The summed E-state index contributed by atoms with van der Waals surface area (Å²) in [5.74, 6) is 0. The predicted molar refractivity (Wildman–Crippen MR) is 57.3 cm³/mol. The fourth-order valence-electron chi connectivity index (χ4n) is 1.52. The van der Waals surface area contributed by atoms with Crippen molar-refractivity contribution in [2.24, 2.45) is 0 Å². The monoisotopic (exact) mass is 179 g/mol. The average Bonchev–Trinajstić information content (AvgIpc) is 1.92. The molecule has 0 nitrogen and oxygen atoms in total. The predicted octanol–water partition coefficient (Wildman–Crippen LogP) is 3.72. The maximum absolute atomic E-state index is 2.46. The van der Waals surface area contributed by atoms with Crippen LogP contribution in [0.1, 0.15) is 20.8 Å². The first-order chi connectivity index (χ1) is 4.63. The van der Waals surface area contributed by atoms with Gasteiger partial charge >= 0.3 is 0 Å². The van der Waals surface area contributed by atoms with Crippen molar-refractivity contribution in [2.45, 2.75) is 20.8 Å². The van der Waals surface area contributed by atoms with E-state index in [9.17, 15) is 0 Å². The van der Waals surface area contributed by atoms with Crippen LogP contribution in [0.25, 0.3) is 0 Å². The van der Waals surface area contributed by atoms with Gasteiger partial charge in [-0.2, -0.15) is 0 Å². The van der Waals surface area contributed by atoms with E-state index in [4.69, 9.17) is 0 Å². The van der Waals surface area contributed by atoms with Gasteiger partial charge in [0.05, 0.1) is 18.5 Å². The Kier molecular flexibility index (Phi) is 5.08. The highest BCUT2D eigenvalue weighted by Gasteiger charge is 2.34. The van der Waals surface area contributed by atoms with Crippen LogP contribution < -0.4 is 0 Å². The number of hydrogen-bond acceptors (Lipinski definition) is 0. The zero-order valence-electron chi connectivity index (χ0n) is 8.02. The Labute approximate surface area is 67.8 Å². The van der Waals surface area contributed by atoms with Gasteiger partial charge in [0.2, 0.25) is 0 Å². The molecule has 0 aliphatic heterocycles. The molecule has 2 heteroatoms. The molecule has 0 unspecified atom stereocenters. The SMILES string of the molecule is CC[P+](CC)(CC)P(C)C. The highest BCUT2D eigenvalue weighted by molar-refractivity contribution is 8.38. The summed E-state index contributed by atoms with van der Waals surface area (Å²) in [7, 11) is 0.363. The number of rotatable bonds is 4. The third-order valence-electron chi connectivity index (χ3n) is 2.61. The fourth-order valence-corrected chi connectivity index (χ4v) is 9.65. The zero-order valence-corrected chi connectivity index (χ0v) is 9.80. The van der Waals surface area contributed by atoms with Gasteiger partial charge in [0.15, 0.2) is 0 Å². The van der Waals surface area contributed by atoms with Crippen LogP contribution in [0, 0.1) is 0 Å². The second-order valence-corrected chi connectivity index (χ2v) is 13.6. The fraction of sp³-hybridized carbons (Fsp3) is 1.00.